The molecule has 0 radical (unpaired) electrons. The van der Waals surface area contributed by atoms with Crippen molar-refractivity contribution < 1.29 is 18.9 Å². The van der Waals surface area contributed by atoms with Gasteiger partial charge < -0.3 is 18.9 Å². The smallest absolute Gasteiger partial charge is 0.126 e. The highest BCUT2D eigenvalue weighted by Gasteiger charge is 2.05. The maximum Gasteiger partial charge on any atom is 0.126 e. The van der Waals surface area contributed by atoms with Crippen LogP contribution in [0.2, 0.25) is 0 Å². The maximum absolute atomic E-state index is 5.94. The summed E-state index contributed by atoms with van der Waals surface area (Å²) in [5, 5.41) is 8.55. The number of thiophene rings is 2. The summed E-state index contributed by atoms with van der Waals surface area (Å²) in [6, 6.07) is 15.4. The molecule has 0 fully saturated rings. The summed E-state index contributed by atoms with van der Waals surface area (Å²) in [6.07, 6.45) is 9.08. The van der Waals surface area contributed by atoms with Crippen LogP contribution in [0.25, 0.3) is 12.2 Å². The van der Waals surface area contributed by atoms with Gasteiger partial charge in [-0.15, -0.1) is 0 Å². The van der Waals surface area contributed by atoms with Crippen LogP contribution in [-0.4, -0.2) is 13.2 Å². The minimum atomic E-state index is 0.598. The van der Waals surface area contributed by atoms with Gasteiger partial charge in [-0.2, -0.15) is 22.7 Å². The molecular weight excluding hydrogens is 464 g/mol. The molecule has 4 aliphatic rings. The lowest BCUT2D eigenvalue weighted by Gasteiger charge is -2.08. The Morgan fingerprint density at radius 2 is 0.912 bits per heavy atom. The van der Waals surface area contributed by atoms with E-state index in [1.165, 1.54) is 11.1 Å². The molecule has 0 saturated carbocycles. The zero-order valence-corrected chi connectivity index (χ0v) is 20.1. The van der Waals surface area contributed by atoms with E-state index in [0.717, 1.165) is 47.0 Å². The van der Waals surface area contributed by atoms with Crippen molar-refractivity contribution >= 4 is 34.8 Å². The van der Waals surface area contributed by atoms with Crippen molar-refractivity contribution in [3.63, 3.8) is 0 Å². The van der Waals surface area contributed by atoms with Crippen molar-refractivity contribution in [1.82, 2.24) is 0 Å². The van der Waals surface area contributed by atoms with Gasteiger partial charge in [-0.25, -0.2) is 0 Å². The second-order valence-corrected chi connectivity index (χ2v) is 9.17. The number of hydrogen-bond donors (Lipinski definition) is 0. The maximum atomic E-state index is 5.94. The Labute approximate surface area is 207 Å². The van der Waals surface area contributed by atoms with Crippen molar-refractivity contribution in [3.05, 3.63) is 105 Å². The highest BCUT2D eigenvalue weighted by Crippen LogP contribution is 2.23. The third-order valence-electron chi connectivity index (χ3n) is 5.38. The van der Waals surface area contributed by atoms with E-state index >= 15 is 0 Å². The van der Waals surface area contributed by atoms with Crippen LogP contribution < -0.4 is 18.9 Å². The standard InChI is InChI=1S/C28H24O4S2/c1-2-26-4-3-25(1)29-13-9-21-17-33-19-23(21)11-15-31-27-5-7-28(8-6-27)32-16-12-24-20-34-18-22(24)10-14-30-26/h1-9,12-13,16-20H,10-11,14-15H2/b13-9+,16-12+. The molecule has 0 aliphatic carbocycles. The Kier molecular flexibility index (Phi) is 7.28. The summed E-state index contributed by atoms with van der Waals surface area (Å²) < 4.78 is 23.5. The lowest BCUT2D eigenvalue weighted by Crippen LogP contribution is -2.02. The van der Waals surface area contributed by atoms with Crippen LogP contribution in [0.15, 0.2) is 82.6 Å². The van der Waals surface area contributed by atoms with Gasteiger partial charge in [-0.05, 0) is 104 Å². The predicted molar refractivity (Wildman–Crippen MR) is 139 cm³/mol. The summed E-state index contributed by atoms with van der Waals surface area (Å²) in [5.74, 6) is 3.19. The molecule has 0 saturated heterocycles. The van der Waals surface area contributed by atoms with Crippen molar-refractivity contribution in [3.8, 4) is 23.0 Å². The zero-order valence-electron chi connectivity index (χ0n) is 18.5. The molecule has 0 spiro atoms. The van der Waals surface area contributed by atoms with E-state index in [1.54, 1.807) is 35.2 Å². The van der Waals surface area contributed by atoms with Crippen LogP contribution in [0.4, 0.5) is 0 Å². The highest BCUT2D eigenvalue weighted by molar-refractivity contribution is 7.08. The third kappa shape index (κ3) is 5.90. The molecule has 0 amide bonds. The van der Waals surface area contributed by atoms with Gasteiger partial charge in [0.15, 0.2) is 0 Å². The van der Waals surface area contributed by atoms with Gasteiger partial charge in [0.05, 0.1) is 25.7 Å². The molecule has 0 unspecified atom stereocenters. The SMILES string of the molecule is C1=C/c2cscc2CCOc2ccc(cc2)O/C=C/c2cscc2CCOc2ccc(cc2)O/1. The Morgan fingerprint density at radius 1 is 0.500 bits per heavy atom. The first-order valence-corrected chi connectivity index (χ1v) is 12.9. The number of hydrogen-bond acceptors (Lipinski definition) is 6. The van der Waals surface area contributed by atoms with E-state index in [1.807, 2.05) is 60.7 Å². The van der Waals surface area contributed by atoms with Crippen LogP contribution in [0.3, 0.4) is 0 Å². The fraction of sp³-hybridized carbons (Fsp3) is 0.143. The summed E-state index contributed by atoms with van der Waals surface area (Å²) in [6.45, 7) is 1.20. The van der Waals surface area contributed by atoms with Crippen LogP contribution in [0.1, 0.15) is 22.3 Å². The van der Waals surface area contributed by atoms with E-state index in [-0.39, 0.29) is 0 Å². The molecule has 0 N–H and O–H groups in total. The predicted octanol–water partition coefficient (Wildman–Crippen LogP) is 7.47. The average molecular weight is 489 g/mol. The molecule has 172 valence electrons. The molecule has 4 bridgehead atoms. The summed E-state index contributed by atoms with van der Waals surface area (Å²) in [5.41, 5.74) is 4.76. The van der Waals surface area contributed by atoms with Crippen molar-refractivity contribution in [1.29, 1.82) is 0 Å². The molecule has 4 nitrogen and oxygen atoms in total. The van der Waals surface area contributed by atoms with E-state index in [9.17, 15) is 0 Å². The second-order valence-electron chi connectivity index (χ2n) is 7.69. The monoisotopic (exact) mass is 488 g/mol. The van der Waals surface area contributed by atoms with Gasteiger partial charge >= 0.3 is 0 Å². The molecule has 4 aliphatic heterocycles. The summed E-state index contributed by atoms with van der Waals surface area (Å²) >= 11 is 3.36. The van der Waals surface area contributed by atoms with Crippen LogP contribution in [0.5, 0.6) is 23.0 Å². The van der Waals surface area contributed by atoms with Gasteiger partial charge in [0.1, 0.15) is 23.0 Å². The first kappa shape index (κ1) is 22.3. The topological polar surface area (TPSA) is 36.9 Å². The molecule has 2 aromatic carbocycles. The lowest BCUT2D eigenvalue weighted by molar-refractivity contribution is 0.321. The van der Waals surface area contributed by atoms with E-state index < -0.39 is 0 Å². The zero-order chi connectivity index (χ0) is 23.0. The minimum absolute atomic E-state index is 0.598. The average Bonchev–Trinajstić information content (AvgIpc) is 3.50. The van der Waals surface area contributed by atoms with Crippen LogP contribution in [-0.2, 0) is 12.8 Å². The Hall–Kier alpha value is -3.48. The molecular formula is C28H24O4S2. The lowest BCUT2D eigenvalue weighted by atomic mass is 10.1. The van der Waals surface area contributed by atoms with Gasteiger partial charge in [0.2, 0.25) is 0 Å². The number of ether oxygens (including phenoxy) is 4. The van der Waals surface area contributed by atoms with Crippen LogP contribution in [0, 0.1) is 0 Å². The van der Waals surface area contributed by atoms with Gasteiger partial charge in [-0.3, -0.25) is 0 Å². The molecule has 6 heterocycles. The fourth-order valence-corrected chi connectivity index (χ4v) is 5.25. The Bertz CT molecular complexity index is 1150. The molecule has 0 atom stereocenters. The normalized spacial score (nSPS) is 16.0. The summed E-state index contributed by atoms with van der Waals surface area (Å²) in [4.78, 5) is 0. The van der Waals surface area contributed by atoms with E-state index in [4.69, 9.17) is 18.9 Å². The second kappa shape index (κ2) is 11.1. The van der Waals surface area contributed by atoms with Gasteiger partial charge in [0.25, 0.3) is 0 Å². The quantitative estimate of drug-likeness (QED) is 0.257. The van der Waals surface area contributed by atoms with Crippen LogP contribution >= 0.6 is 22.7 Å². The van der Waals surface area contributed by atoms with Crippen molar-refractivity contribution in [2.45, 2.75) is 12.8 Å². The van der Waals surface area contributed by atoms with Crippen molar-refractivity contribution in [2.24, 2.45) is 0 Å². The molecule has 6 heteroatoms. The number of rotatable bonds is 0. The van der Waals surface area contributed by atoms with Crippen molar-refractivity contribution in [2.75, 3.05) is 13.2 Å². The third-order valence-corrected chi connectivity index (χ3v) is 7.00. The molecule has 8 rings (SSSR count). The van der Waals surface area contributed by atoms with Gasteiger partial charge in [0, 0.05) is 12.8 Å². The molecule has 4 aromatic rings. The Morgan fingerprint density at radius 3 is 1.35 bits per heavy atom. The Balaban J connectivity index is 1.33. The highest BCUT2D eigenvalue weighted by atomic mass is 32.1. The fourth-order valence-electron chi connectivity index (χ4n) is 3.52. The van der Waals surface area contributed by atoms with E-state index in [0.29, 0.717) is 13.2 Å². The first-order valence-electron chi connectivity index (χ1n) is 11.1. The van der Waals surface area contributed by atoms with Gasteiger partial charge in [-0.1, -0.05) is 0 Å². The minimum Gasteiger partial charge on any atom is -0.493 e. The molecule has 2 aromatic heterocycles. The first-order chi connectivity index (χ1) is 16.8. The molecule has 34 heavy (non-hydrogen) atoms. The van der Waals surface area contributed by atoms with E-state index in [2.05, 4.69) is 21.5 Å². The number of benzene rings is 2. The largest absolute Gasteiger partial charge is 0.493 e. The summed E-state index contributed by atoms with van der Waals surface area (Å²) in [7, 11) is 0.